The van der Waals surface area contributed by atoms with Crippen LogP contribution in [-0.4, -0.2) is 34.8 Å². The van der Waals surface area contributed by atoms with Crippen molar-refractivity contribution in [1.29, 1.82) is 0 Å². The molecule has 24 heavy (non-hydrogen) atoms. The van der Waals surface area contributed by atoms with Crippen molar-refractivity contribution < 1.29 is 9.53 Å². The lowest BCUT2D eigenvalue weighted by atomic mass is 9.89. The van der Waals surface area contributed by atoms with Gasteiger partial charge in [-0.15, -0.1) is 11.3 Å². The first kappa shape index (κ1) is 17.5. The van der Waals surface area contributed by atoms with Crippen LogP contribution in [0.15, 0.2) is 5.16 Å². The standard InChI is InChI=1S/C17H23N3O2S2/c1-4-18-15-14-11-7-6-10(3)8-12(11)24-16(14)20-17(19-15)23-9-13(21)22-5-2/h10H,4-9H2,1-3H3,(H,18,19,20)/t10-/m1/s1. The Labute approximate surface area is 150 Å². The third-order valence-electron chi connectivity index (χ3n) is 4.10. The smallest absolute Gasteiger partial charge is 0.316 e. The van der Waals surface area contributed by atoms with E-state index < -0.39 is 0 Å². The van der Waals surface area contributed by atoms with Crippen LogP contribution in [0.1, 0.15) is 37.6 Å². The number of thioether (sulfide) groups is 1. The van der Waals surface area contributed by atoms with E-state index in [1.165, 1.54) is 34.0 Å². The first-order chi connectivity index (χ1) is 11.6. The second-order valence-corrected chi connectivity index (χ2v) is 8.04. The molecule has 0 unspecified atom stereocenters. The van der Waals surface area contributed by atoms with Crippen LogP contribution in [0, 0.1) is 5.92 Å². The zero-order valence-electron chi connectivity index (χ0n) is 14.3. The monoisotopic (exact) mass is 365 g/mol. The molecular weight excluding hydrogens is 342 g/mol. The molecule has 0 saturated heterocycles. The number of nitrogens with zero attached hydrogens (tertiary/aromatic N) is 2. The Morgan fingerprint density at radius 1 is 1.42 bits per heavy atom. The summed E-state index contributed by atoms with van der Waals surface area (Å²) >= 11 is 3.12. The molecule has 2 heterocycles. The molecule has 2 aromatic heterocycles. The molecule has 0 spiro atoms. The molecule has 2 aromatic rings. The Morgan fingerprint density at radius 2 is 2.25 bits per heavy atom. The van der Waals surface area contributed by atoms with Crippen molar-refractivity contribution in [3.05, 3.63) is 10.4 Å². The van der Waals surface area contributed by atoms with Crippen LogP contribution in [0.25, 0.3) is 10.2 Å². The van der Waals surface area contributed by atoms with Gasteiger partial charge in [-0.3, -0.25) is 4.79 Å². The summed E-state index contributed by atoms with van der Waals surface area (Å²) in [6.45, 7) is 7.41. The topological polar surface area (TPSA) is 64.1 Å². The quantitative estimate of drug-likeness (QED) is 0.476. The number of aromatic nitrogens is 2. The van der Waals surface area contributed by atoms with E-state index in [-0.39, 0.29) is 11.7 Å². The highest BCUT2D eigenvalue weighted by molar-refractivity contribution is 7.99. The number of hydrogen-bond acceptors (Lipinski definition) is 7. The summed E-state index contributed by atoms with van der Waals surface area (Å²) in [7, 11) is 0. The van der Waals surface area contributed by atoms with E-state index in [4.69, 9.17) is 9.72 Å². The number of aryl methyl sites for hydroxylation is 1. The molecule has 3 rings (SSSR count). The van der Waals surface area contributed by atoms with Gasteiger partial charge >= 0.3 is 5.97 Å². The Hall–Kier alpha value is -1.34. The number of carbonyl (C=O) groups excluding carboxylic acids is 1. The summed E-state index contributed by atoms with van der Waals surface area (Å²) in [4.78, 5) is 23.4. The fourth-order valence-corrected chi connectivity index (χ4v) is 5.09. The normalized spacial score (nSPS) is 16.9. The van der Waals surface area contributed by atoms with Gasteiger partial charge in [0.25, 0.3) is 0 Å². The Kier molecular flexibility index (Phi) is 5.61. The summed E-state index contributed by atoms with van der Waals surface area (Å²) in [5.74, 6) is 1.66. The van der Waals surface area contributed by atoms with Gasteiger partial charge in [0.05, 0.1) is 17.7 Å². The highest BCUT2D eigenvalue weighted by Crippen LogP contribution is 2.40. The number of esters is 1. The van der Waals surface area contributed by atoms with Crippen LogP contribution in [0.3, 0.4) is 0 Å². The molecule has 0 saturated carbocycles. The molecular formula is C17H23N3O2S2. The lowest BCUT2D eigenvalue weighted by Crippen LogP contribution is -2.10. The van der Waals surface area contributed by atoms with E-state index in [2.05, 4.69) is 24.1 Å². The zero-order valence-corrected chi connectivity index (χ0v) is 16.0. The third-order valence-corrected chi connectivity index (χ3v) is 6.07. The minimum absolute atomic E-state index is 0.226. The van der Waals surface area contributed by atoms with E-state index in [0.717, 1.165) is 36.0 Å². The number of thiophene rings is 1. The van der Waals surface area contributed by atoms with Crippen molar-refractivity contribution in [2.24, 2.45) is 5.92 Å². The molecule has 0 aliphatic heterocycles. The minimum atomic E-state index is -0.226. The highest BCUT2D eigenvalue weighted by atomic mass is 32.2. The fourth-order valence-electron chi connectivity index (χ4n) is 3.01. The largest absolute Gasteiger partial charge is 0.465 e. The van der Waals surface area contributed by atoms with E-state index >= 15 is 0 Å². The predicted molar refractivity (Wildman–Crippen MR) is 100 cm³/mol. The molecule has 0 radical (unpaired) electrons. The van der Waals surface area contributed by atoms with Crippen LogP contribution in [0.2, 0.25) is 0 Å². The Balaban J connectivity index is 1.93. The van der Waals surface area contributed by atoms with Crippen molar-refractivity contribution in [3.8, 4) is 0 Å². The summed E-state index contributed by atoms with van der Waals surface area (Å²) < 4.78 is 4.98. The maximum atomic E-state index is 11.6. The number of nitrogens with one attached hydrogen (secondary N) is 1. The summed E-state index contributed by atoms with van der Waals surface area (Å²) in [5, 5.41) is 5.20. The maximum absolute atomic E-state index is 11.6. The predicted octanol–water partition coefficient (Wildman–Crippen LogP) is 3.90. The molecule has 1 N–H and O–H groups in total. The average Bonchev–Trinajstić information content (AvgIpc) is 2.91. The molecule has 1 aliphatic carbocycles. The zero-order chi connectivity index (χ0) is 17.1. The summed E-state index contributed by atoms with van der Waals surface area (Å²) in [5.41, 5.74) is 1.42. The van der Waals surface area contributed by atoms with Crippen molar-refractivity contribution in [2.45, 2.75) is 45.2 Å². The van der Waals surface area contributed by atoms with Gasteiger partial charge in [-0.2, -0.15) is 0 Å². The number of ether oxygens (including phenoxy) is 1. The fraction of sp³-hybridized carbons (Fsp3) is 0.588. The summed E-state index contributed by atoms with van der Waals surface area (Å²) in [6.07, 6.45) is 3.46. The van der Waals surface area contributed by atoms with Gasteiger partial charge in [0.15, 0.2) is 5.16 Å². The molecule has 1 atom stereocenters. The molecule has 0 bridgehead atoms. The number of anilines is 1. The van der Waals surface area contributed by atoms with Crippen LogP contribution in [0.4, 0.5) is 5.82 Å². The van der Waals surface area contributed by atoms with E-state index in [1.54, 1.807) is 11.3 Å². The van der Waals surface area contributed by atoms with Crippen LogP contribution in [0.5, 0.6) is 0 Å². The first-order valence-electron chi connectivity index (χ1n) is 8.46. The van der Waals surface area contributed by atoms with Crippen LogP contribution >= 0.6 is 23.1 Å². The molecule has 0 aromatic carbocycles. The van der Waals surface area contributed by atoms with Gasteiger partial charge in [0, 0.05) is 11.4 Å². The van der Waals surface area contributed by atoms with Crippen molar-refractivity contribution in [2.75, 3.05) is 24.2 Å². The Bertz CT molecular complexity index is 745. The number of carbonyl (C=O) groups is 1. The van der Waals surface area contributed by atoms with Crippen molar-refractivity contribution >= 4 is 45.1 Å². The molecule has 1 aliphatic rings. The lowest BCUT2D eigenvalue weighted by molar-refractivity contribution is -0.139. The number of rotatable bonds is 6. The van der Waals surface area contributed by atoms with Gasteiger partial charge in [-0.1, -0.05) is 18.7 Å². The lowest BCUT2D eigenvalue weighted by Gasteiger charge is -2.18. The van der Waals surface area contributed by atoms with Gasteiger partial charge in [0.2, 0.25) is 0 Å². The number of fused-ring (bicyclic) bond motifs is 3. The second kappa shape index (κ2) is 7.70. The van der Waals surface area contributed by atoms with Gasteiger partial charge in [-0.25, -0.2) is 9.97 Å². The van der Waals surface area contributed by atoms with Gasteiger partial charge in [-0.05, 0) is 44.6 Å². The van der Waals surface area contributed by atoms with Crippen LogP contribution < -0.4 is 5.32 Å². The second-order valence-electron chi connectivity index (χ2n) is 6.01. The summed E-state index contributed by atoms with van der Waals surface area (Å²) in [6, 6.07) is 0. The van der Waals surface area contributed by atoms with Gasteiger partial charge < -0.3 is 10.1 Å². The third kappa shape index (κ3) is 3.67. The van der Waals surface area contributed by atoms with Crippen LogP contribution in [-0.2, 0) is 22.4 Å². The number of hydrogen-bond donors (Lipinski definition) is 1. The molecule has 7 heteroatoms. The first-order valence-corrected chi connectivity index (χ1v) is 10.3. The van der Waals surface area contributed by atoms with Crippen molar-refractivity contribution in [3.63, 3.8) is 0 Å². The van der Waals surface area contributed by atoms with E-state index in [9.17, 15) is 4.79 Å². The average molecular weight is 366 g/mol. The van der Waals surface area contributed by atoms with Gasteiger partial charge in [0.1, 0.15) is 10.6 Å². The van der Waals surface area contributed by atoms with E-state index in [0.29, 0.717) is 11.8 Å². The molecule has 5 nitrogen and oxygen atoms in total. The van der Waals surface area contributed by atoms with Crippen molar-refractivity contribution in [1.82, 2.24) is 9.97 Å². The maximum Gasteiger partial charge on any atom is 0.316 e. The Morgan fingerprint density at radius 3 is 3.00 bits per heavy atom. The van der Waals surface area contributed by atoms with E-state index in [1.807, 2.05) is 6.92 Å². The highest BCUT2D eigenvalue weighted by Gasteiger charge is 2.24. The SMILES string of the molecule is CCNc1nc(SCC(=O)OCC)nc2sc3c(c12)CC[C@@H](C)C3. The minimum Gasteiger partial charge on any atom is -0.465 e. The molecule has 0 amide bonds. The molecule has 130 valence electrons. The molecule has 0 fully saturated rings.